The summed E-state index contributed by atoms with van der Waals surface area (Å²) in [5.41, 5.74) is 2.22. The van der Waals surface area contributed by atoms with E-state index in [0.717, 1.165) is 37.4 Å². The van der Waals surface area contributed by atoms with Crippen LogP contribution in [0.5, 0.6) is 0 Å². The molecule has 0 radical (unpaired) electrons. The van der Waals surface area contributed by atoms with Gasteiger partial charge in [-0.15, -0.1) is 11.3 Å². The van der Waals surface area contributed by atoms with Gasteiger partial charge in [0.2, 0.25) is 0 Å². The molecule has 2 aromatic heterocycles. The number of pyridine rings is 1. The van der Waals surface area contributed by atoms with E-state index in [1.54, 1.807) is 0 Å². The summed E-state index contributed by atoms with van der Waals surface area (Å²) in [5.74, 6) is 0. The highest BCUT2D eigenvalue weighted by Crippen LogP contribution is 2.35. The van der Waals surface area contributed by atoms with Crippen molar-refractivity contribution in [2.24, 2.45) is 0 Å². The van der Waals surface area contributed by atoms with Crippen molar-refractivity contribution in [3.05, 3.63) is 62.9 Å². The molecule has 1 aliphatic heterocycles. The molecule has 1 saturated heterocycles. The van der Waals surface area contributed by atoms with Crippen LogP contribution in [0.3, 0.4) is 0 Å². The molecule has 1 unspecified atom stereocenters. The summed E-state index contributed by atoms with van der Waals surface area (Å²) >= 11 is 5.43. The van der Waals surface area contributed by atoms with Gasteiger partial charge in [0.05, 0.1) is 21.0 Å². The van der Waals surface area contributed by atoms with Crippen LogP contribution in [0.2, 0.25) is 0 Å². The third kappa shape index (κ3) is 3.40. The van der Waals surface area contributed by atoms with Crippen molar-refractivity contribution in [3.8, 4) is 0 Å². The number of benzene rings is 1. The third-order valence-corrected chi connectivity index (χ3v) is 6.18. The first-order valence-corrected chi connectivity index (χ1v) is 9.98. The Labute approximate surface area is 154 Å². The predicted octanol–water partition coefficient (Wildman–Crippen LogP) is 4.44. The number of halogens is 1. The Balaban J connectivity index is 1.77. The van der Waals surface area contributed by atoms with Gasteiger partial charge in [-0.05, 0) is 53.2 Å². The fourth-order valence-corrected chi connectivity index (χ4v) is 4.92. The Morgan fingerprint density at radius 1 is 1.04 bits per heavy atom. The molecule has 1 N–H and O–H groups in total. The minimum atomic E-state index is 0.228. The molecule has 24 heavy (non-hydrogen) atoms. The average Bonchev–Trinajstić information content (AvgIpc) is 2.86. The van der Waals surface area contributed by atoms with E-state index in [4.69, 9.17) is 4.98 Å². The van der Waals surface area contributed by atoms with Crippen molar-refractivity contribution < 1.29 is 0 Å². The fourth-order valence-electron chi connectivity index (χ4n) is 3.35. The smallest absolute Gasteiger partial charge is 0.0871 e. The molecule has 5 heteroatoms. The molecule has 3 heterocycles. The first-order chi connectivity index (χ1) is 11.8. The van der Waals surface area contributed by atoms with Crippen LogP contribution in [0.25, 0.3) is 10.9 Å². The number of nitrogens with zero attached hydrogens (tertiary/aromatic N) is 2. The van der Waals surface area contributed by atoms with E-state index in [9.17, 15) is 0 Å². The Kier molecular flexibility index (Phi) is 4.94. The number of nitrogens with one attached hydrogen (secondary N) is 1. The van der Waals surface area contributed by atoms with Gasteiger partial charge in [-0.1, -0.05) is 24.3 Å². The zero-order chi connectivity index (χ0) is 16.4. The quantitative estimate of drug-likeness (QED) is 0.702. The van der Waals surface area contributed by atoms with Crippen LogP contribution in [0.4, 0.5) is 0 Å². The van der Waals surface area contributed by atoms with Gasteiger partial charge in [0, 0.05) is 29.9 Å². The molecule has 3 nitrogen and oxygen atoms in total. The number of para-hydroxylation sites is 1. The molecule has 1 aliphatic rings. The van der Waals surface area contributed by atoms with Crippen molar-refractivity contribution in [2.75, 3.05) is 26.2 Å². The number of rotatable bonds is 3. The van der Waals surface area contributed by atoms with Crippen LogP contribution in [0.1, 0.15) is 23.0 Å². The molecule has 1 aromatic carbocycles. The Hall–Kier alpha value is -1.27. The van der Waals surface area contributed by atoms with E-state index in [1.807, 2.05) is 11.3 Å². The van der Waals surface area contributed by atoms with Crippen LogP contribution in [0.15, 0.2) is 52.3 Å². The standard InChI is InChI=1S/C19H20BrN3S/c20-18-9-8-17(24-18)19(23-12-3-10-21-11-13-23)16-7-6-14-4-1-2-5-15(14)22-16/h1-2,4-9,19,21H,3,10-13H2. The summed E-state index contributed by atoms with van der Waals surface area (Å²) in [6.07, 6.45) is 1.18. The molecule has 0 amide bonds. The highest BCUT2D eigenvalue weighted by molar-refractivity contribution is 9.11. The second-order valence-electron chi connectivity index (χ2n) is 6.11. The monoisotopic (exact) mass is 401 g/mol. The van der Waals surface area contributed by atoms with E-state index in [-0.39, 0.29) is 6.04 Å². The lowest BCUT2D eigenvalue weighted by molar-refractivity contribution is 0.240. The van der Waals surface area contributed by atoms with Crippen molar-refractivity contribution in [3.63, 3.8) is 0 Å². The summed E-state index contributed by atoms with van der Waals surface area (Å²) < 4.78 is 1.18. The molecule has 3 aromatic rings. The molecule has 124 valence electrons. The van der Waals surface area contributed by atoms with Crippen molar-refractivity contribution in [2.45, 2.75) is 12.5 Å². The predicted molar refractivity (Wildman–Crippen MR) is 105 cm³/mol. The second kappa shape index (κ2) is 7.31. The van der Waals surface area contributed by atoms with Crippen LogP contribution in [-0.4, -0.2) is 36.1 Å². The normalized spacial score (nSPS) is 17.7. The number of aromatic nitrogens is 1. The molecule has 1 atom stereocenters. The lowest BCUT2D eigenvalue weighted by atomic mass is 10.1. The van der Waals surface area contributed by atoms with Gasteiger partial charge < -0.3 is 5.32 Å². The number of hydrogen-bond acceptors (Lipinski definition) is 4. The third-order valence-electron chi connectivity index (χ3n) is 4.50. The van der Waals surface area contributed by atoms with Crippen LogP contribution >= 0.6 is 27.3 Å². The molecule has 0 spiro atoms. The number of fused-ring (bicyclic) bond motifs is 1. The van der Waals surface area contributed by atoms with E-state index in [2.05, 4.69) is 74.7 Å². The lowest BCUT2D eigenvalue weighted by Crippen LogP contribution is -2.33. The second-order valence-corrected chi connectivity index (χ2v) is 8.61. The maximum atomic E-state index is 5.00. The van der Waals surface area contributed by atoms with Crippen LogP contribution in [0, 0.1) is 0 Å². The Morgan fingerprint density at radius 3 is 2.83 bits per heavy atom. The number of hydrogen-bond donors (Lipinski definition) is 1. The maximum absolute atomic E-state index is 5.00. The van der Waals surface area contributed by atoms with E-state index in [0.29, 0.717) is 0 Å². The van der Waals surface area contributed by atoms with Crippen LogP contribution in [-0.2, 0) is 0 Å². The minimum Gasteiger partial charge on any atom is -0.315 e. The van der Waals surface area contributed by atoms with Gasteiger partial charge in [-0.25, -0.2) is 0 Å². The first-order valence-electron chi connectivity index (χ1n) is 8.37. The highest BCUT2D eigenvalue weighted by atomic mass is 79.9. The molecule has 0 aliphatic carbocycles. The Morgan fingerprint density at radius 2 is 1.96 bits per heavy atom. The fraction of sp³-hybridized carbons (Fsp3) is 0.316. The molecule has 0 saturated carbocycles. The van der Waals surface area contributed by atoms with Gasteiger partial charge in [-0.3, -0.25) is 9.88 Å². The average molecular weight is 402 g/mol. The van der Waals surface area contributed by atoms with Gasteiger partial charge in [0.1, 0.15) is 0 Å². The zero-order valence-corrected chi connectivity index (χ0v) is 15.8. The van der Waals surface area contributed by atoms with Crippen molar-refractivity contribution >= 4 is 38.2 Å². The zero-order valence-electron chi connectivity index (χ0n) is 13.4. The number of thiophene rings is 1. The summed E-state index contributed by atoms with van der Waals surface area (Å²) in [5, 5.41) is 4.70. The van der Waals surface area contributed by atoms with E-state index >= 15 is 0 Å². The maximum Gasteiger partial charge on any atom is 0.0871 e. The molecular weight excluding hydrogens is 382 g/mol. The van der Waals surface area contributed by atoms with Gasteiger partial charge in [-0.2, -0.15) is 0 Å². The summed E-state index contributed by atoms with van der Waals surface area (Å²) in [6.45, 7) is 4.29. The summed E-state index contributed by atoms with van der Waals surface area (Å²) in [6, 6.07) is 17.3. The van der Waals surface area contributed by atoms with E-state index in [1.165, 1.54) is 20.5 Å². The Bertz CT molecular complexity index is 824. The SMILES string of the molecule is Brc1ccc(C(c2ccc3ccccc3n2)N2CCCNCC2)s1. The largest absolute Gasteiger partial charge is 0.315 e. The van der Waals surface area contributed by atoms with Crippen LogP contribution < -0.4 is 5.32 Å². The van der Waals surface area contributed by atoms with Crippen molar-refractivity contribution in [1.29, 1.82) is 0 Å². The molecule has 4 rings (SSSR count). The van der Waals surface area contributed by atoms with Gasteiger partial charge in [0.15, 0.2) is 0 Å². The summed E-state index contributed by atoms with van der Waals surface area (Å²) in [7, 11) is 0. The first kappa shape index (κ1) is 16.2. The summed E-state index contributed by atoms with van der Waals surface area (Å²) in [4.78, 5) is 8.91. The lowest BCUT2D eigenvalue weighted by Gasteiger charge is -2.29. The molecular formula is C19H20BrN3S. The van der Waals surface area contributed by atoms with Gasteiger partial charge >= 0.3 is 0 Å². The molecule has 1 fully saturated rings. The topological polar surface area (TPSA) is 28.2 Å². The van der Waals surface area contributed by atoms with E-state index < -0.39 is 0 Å². The van der Waals surface area contributed by atoms with Crippen molar-refractivity contribution in [1.82, 2.24) is 15.2 Å². The minimum absolute atomic E-state index is 0.228. The molecule has 0 bridgehead atoms. The van der Waals surface area contributed by atoms with Gasteiger partial charge in [0.25, 0.3) is 0 Å². The highest BCUT2D eigenvalue weighted by Gasteiger charge is 2.25.